The Morgan fingerprint density at radius 3 is 1.95 bits per heavy atom. The molecule has 0 radical (unpaired) electrons. The van der Waals surface area contributed by atoms with Gasteiger partial charge in [-0.1, -0.05) is 53.0 Å². The van der Waals surface area contributed by atoms with Crippen molar-refractivity contribution in [2.24, 2.45) is 0 Å². The largest absolute Gasteiger partial charge is 0.508 e. The van der Waals surface area contributed by atoms with Crippen molar-refractivity contribution >= 4 is 46.4 Å². The third-order valence-corrected chi connectivity index (χ3v) is 4.34. The van der Waals surface area contributed by atoms with Crippen molar-refractivity contribution in [3.63, 3.8) is 0 Å². The first-order valence-electron chi connectivity index (χ1n) is 5.62. The number of benzene rings is 2. The van der Waals surface area contributed by atoms with Gasteiger partial charge < -0.3 is 10.2 Å². The van der Waals surface area contributed by atoms with E-state index in [0.717, 1.165) is 11.1 Å². The van der Waals surface area contributed by atoms with Crippen LogP contribution in [0.15, 0.2) is 42.5 Å². The summed E-state index contributed by atoms with van der Waals surface area (Å²) in [6.07, 6.45) is 0. The van der Waals surface area contributed by atoms with Crippen molar-refractivity contribution in [2.75, 3.05) is 0 Å². The van der Waals surface area contributed by atoms with Crippen molar-refractivity contribution in [1.82, 2.24) is 0 Å². The van der Waals surface area contributed by atoms with E-state index in [1.807, 2.05) is 0 Å². The monoisotopic (exact) mass is 350 g/mol. The molecule has 0 aliphatic rings. The van der Waals surface area contributed by atoms with Crippen molar-refractivity contribution < 1.29 is 10.2 Å². The van der Waals surface area contributed by atoms with E-state index in [2.05, 4.69) is 0 Å². The molecule has 0 heterocycles. The molecule has 0 saturated carbocycles. The first kappa shape index (κ1) is 15.6. The zero-order valence-corrected chi connectivity index (χ0v) is 13.0. The van der Waals surface area contributed by atoms with Crippen LogP contribution >= 0.6 is 46.4 Å². The summed E-state index contributed by atoms with van der Waals surface area (Å²) in [7, 11) is 0. The number of hydrogen-bond donors (Lipinski definition) is 2. The quantitative estimate of drug-likeness (QED) is 0.709. The molecule has 1 unspecified atom stereocenters. The van der Waals surface area contributed by atoms with Gasteiger partial charge in [-0.2, -0.15) is 0 Å². The first-order chi connectivity index (χ1) is 9.29. The molecule has 0 spiro atoms. The lowest BCUT2D eigenvalue weighted by Crippen LogP contribution is -2.11. The summed E-state index contributed by atoms with van der Waals surface area (Å²) < 4.78 is -1.73. The molecule has 20 heavy (non-hydrogen) atoms. The number of alkyl halides is 4. The lowest BCUT2D eigenvalue weighted by atomic mass is 10.0. The van der Waals surface area contributed by atoms with E-state index in [9.17, 15) is 10.2 Å². The van der Waals surface area contributed by atoms with E-state index in [-0.39, 0.29) is 11.5 Å². The Hall–Kier alpha value is -0.800. The average Bonchev–Trinajstić information content (AvgIpc) is 2.38. The normalized spacial score (nSPS) is 13.2. The molecular weight excluding hydrogens is 342 g/mol. The molecule has 106 valence electrons. The highest BCUT2D eigenvalue weighted by atomic mass is 35.6. The number of phenols is 2. The van der Waals surface area contributed by atoms with Gasteiger partial charge in [0.25, 0.3) is 0 Å². The molecule has 0 aliphatic carbocycles. The molecule has 2 nitrogen and oxygen atoms in total. The second-order valence-electron chi connectivity index (χ2n) is 4.22. The van der Waals surface area contributed by atoms with Crippen LogP contribution in [-0.2, 0) is 0 Å². The van der Waals surface area contributed by atoms with E-state index in [1.54, 1.807) is 36.4 Å². The summed E-state index contributed by atoms with van der Waals surface area (Å²) in [5, 5.41) is 18.2. The Balaban J connectivity index is 2.46. The molecule has 0 fully saturated rings. The van der Waals surface area contributed by atoms with Crippen LogP contribution in [0, 0.1) is 0 Å². The van der Waals surface area contributed by atoms with Gasteiger partial charge in [-0.3, -0.25) is 0 Å². The van der Waals surface area contributed by atoms with E-state index >= 15 is 0 Å². The Kier molecular flexibility index (Phi) is 4.60. The van der Waals surface area contributed by atoms with Gasteiger partial charge in [-0.05, 0) is 35.4 Å². The Labute approximate surface area is 136 Å². The fraction of sp³-hybridized carbons (Fsp3) is 0.143. The smallest absolute Gasteiger partial charge is 0.210 e. The van der Waals surface area contributed by atoms with Crippen LogP contribution in [0.1, 0.15) is 10.9 Å². The molecule has 0 amide bonds. The molecule has 2 aromatic rings. The van der Waals surface area contributed by atoms with Gasteiger partial charge >= 0.3 is 0 Å². The summed E-state index contributed by atoms with van der Waals surface area (Å²) in [5.41, 5.74) is 1.96. The first-order valence-corrected chi connectivity index (χ1v) is 7.19. The summed E-state index contributed by atoms with van der Waals surface area (Å²) >= 11 is 23.4. The van der Waals surface area contributed by atoms with Gasteiger partial charge in [0.1, 0.15) is 16.9 Å². The minimum atomic E-state index is -1.73. The average molecular weight is 352 g/mol. The fourth-order valence-electron chi connectivity index (χ4n) is 1.77. The minimum Gasteiger partial charge on any atom is -0.508 e. The highest BCUT2D eigenvalue weighted by molar-refractivity contribution is 6.70. The molecule has 6 heteroatoms. The van der Waals surface area contributed by atoms with E-state index in [4.69, 9.17) is 46.4 Å². The van der Waals surface area contributed by atoms with Gasteiger partial charge in [-0.15, -0.1) is 11.6 Å². The van der Waals surface area contributed by atoms with Crippen LogP contribution < -0.4 is 0 Å². The molecule has 0 bridgehead atoms. The molecule has 0 saturated heterocycles. The lowest BCUT2D eigenvalue weighted by molar-refractivity contribution is 0.467. The van der Waals surface area contributed by atoms with Gasteiger partial charge in [0.15, 0.2) is 0 Å². The maximum absolute atomic E-state index is 9.86. The van der Waals surface area contributed by atoms with Gasteiger partial charge in [0, 0.05) is 5.56 Å². The number of halogens is 4. The molecule has 0 aromatic heterocycles. The van der Waals surface area contributed by atoms with Crippen LogP contribution in [0.4, 0.5) is 0 Å². The van der Waals surface area contributed by atoms with Crippen molar-refractivity contribution in [3.8, 4) is 22.6 Å². The molecule has 2 aromatic carbocycles. The lowest BCUT2D eigenvalue weighted by Gasteiger charge is -2.20. The van der Waals surface area contributed by atoms with Crippen LogP contribution in [0.2, 0.25) is 0 Å². The second kappa shape index (κ2) is 5.90. The number of phenolic OH excluding ortho intramolecular Hbond substituents is 2. The summed E-state index contributed by atoms with van der Waals surface area (Å²) in [4.78, 5) is 0. The highest BCUT2D eigenvalue weighted by Crippen LogP contribution is 2.47. The van der Waals surface area contributed by atoms with Crippen LogP contribution in [0.25, 0.3) is 11.1 Å². The molecule has 0 aliphatic heterocycles. The summed E-state index contributed by atoms with van der Waals surface area (Å²) in [6.45, 7) is 0. The third kappa shape index (κ3) is 3.44. The number of hydrogen-bond acceptors (Lipinski definition) is 2. The van der Waals surface area contributed by atoms with Crippen molar-refractivity contribution in [1.29, 1.82) is 0 Å². The highest BCUT2D eigenvalue weighted by Gasteiger charge is 2.34. The third-order valence-electron chi connectivity index (χ3n) is 2.79. The van der Waals surface area contributed by atoms with Crippen molar-refractivity contribution in [2.45, 2.75) is 9.17 Å². The molecule has 1 atom stereocenters. The summed E-state index contributed by atoms with van der Waals surface area (Å²) in [5.74, 6) is 0.128. The SMILES string of the molecule is Oc1ccc(-c2ccc(O)c(C(Cl)C(Cl)(Cl)Cl)c2)cc1. The standard InChI is InChI=1S/C14H10Cl4O2/c15-13(14(16,17)18)11-7-9(3-6-12(11)20)8-1-4-10(19)5-2-8/h1-7,13,19-20H. The van der Waals surface area contributed by atoms with Crippen LogP contribution in [0.5, 0.6) is 11.5 Å². The Bertz CT molecular complexity index is 606. The predicted octanol–water partition coefficient (Wildman–Crippen LogP) is 5.41. The van der Waals surface area contributed by atoms with Crippen LogP contribution in [-0.4, -0.2) is 14.0 Å². The summed E-state index contributed by atoms with van der Waals surface area (Å²) in [6, 6.07) is 11.5. The topological polar surface area (TPSA) is 40.5 Å². The minimum absolute atomic E-state index is 0.0427. The Morgan fingerprint density at radius 2 is 1.40 bits per heavy atom. The van der Waals surface area contributed by atoms with Gasteiger partial charge in [0.2, 0.25) is 3.79 Å². The molecule has 2 rings (SSSR count). The molecule has 2 N–H and O–H groups in total. The Morgan fingerprint density at radius 1 is 0.850 bits per heavy atom. The van der Waals surface area contributed by atoms with Crippen molar-refractivity contribution in [3.05, 3.63) is 48.0 Å². The predicted molar refractivity (Wildman–Crippen MR) is 84.1 cm³/mol. The fourth-order valence-corrected chi connectivity index (χ4v) is 2.29. The zero-order valence-electron chi connectivity index (χ0n) is 10.0. The van der Waals surface area contributed by atoms with Gasteiger partial charge in [0.05, 0.1) is 0 Å². The van der Waals surface area contributed by atoms with Gasteiger partial charge in [-0.25, -0.2) is 0 Å². The van der Waals surface area contributed by atoms with E-state index in [0.29, 0.717) is 5.56 Å². The second-order valence-corrected chi connectivity index (χ2v) is 7.03. The number of aromatic hydroxyl groups is 2. The molecular formula is C14H10Cl4O2. The zero-order chi connectivity index (χ0) is 14.9. The maximum Gasteiger partial charge on any atom is 0.210 e. The number of rotatable bonds is 2. The van der Waals surface area contributed by atoms with E-state index < -0.39 is 9.17 Å². The van der Waals surface area contributed by atoms with Crippen LogP contribution in [0.3, 0.4) is 0 Å². The van der Waals surface area contributed by atoms with E-state index in [1.165, 1.54) is 6.07 Å². The maximum atomic E-state index is 9.86.